The highest BCUT2D eigenvalue weighted by Crippen LogP contribution is 2.24. The summed E-state index contributed by atoms with van der Waals surface area (Å²) in [5, 5.41) is 4.14. The number of carbonyl (C=O) groups excluding carboxylic acids is 1. The lowest BCUT2D eigenvalue weighted by Gasteiger charge is -2.31. The Bertz CT molecular complexity index is 959. The number of amides is 1. The lowest BCUT2D eigenvalue weighted by Crippen LogP contribution is -2.39. The molecule has 28 heavy (non-hydrogen) atoms. The summed E-state index contributed by atoms with van der Waals surface area (Å²) >= 11 is 0. The number of aromatic nitrogens is 2. The van der Waals surface area contributed by atoms with Crippen molar-refractivity contribution in [2.75, 3.05) is 13.1 Å². The van der Waals surface area contributed by atoms with Gasteiger partial charge in [0.25, 0.3) is 0 Å². The molecule has 3 heterocycles. The number of nitrogens with zero attached hydrogens (tertiary/aromatic N) is 3. The molecule has 144 valence electrons. The van der Waals surface area contributed by atoms with Crippen LogP contribution < -0.4 is 0 Å². The predicted octanol–water partition coefficient (Wildman–Crippen LogP) is 4.13. The Kier molecular flexibility index (Phi) is 5.37. The van der Waals surface area contributed by atoms with Crippen molar-refractivity contribution in [1.29, 1.82) is 0 Å². The first-order chi connectivity index (χ1) is 13.7. The van der Waals surface area contributed by atoms with Crippen molar-refractivity contribution in [1.82, 2.24) is 15.0 Å². The standard InChI is InChI=1S/C22H23N3O3/c1-16-6-2-3-9-19(16)22-23-20(28-24-22)14-17-7-4-12-25(15-17)21(26)11-10-18-8-5-13-27-18/h2-3,5-6,8-11,13,17H,4,7,12,14-15H2,1H3/b11-10+/t17-/m0/s1. The van der Waals surface area contributed by atoms with Crippen molar-refractivity contribution in [3.05, 3.63) is 66.0 Å². The average Bonchev–Trinajstić information content (AvgIpc) is 3.39. The molecule has 1 aliphatic rings. The maximum Gasteiger partial charge on any atom is 0.246 e. The van der Waals surface area contributed by atoms with E-state index in [1.807, 2.05) is 42.2 Å². The van der Waals surface area contributed by atoms with Gasteiger partial charge in [0, 0.05) is 31.1 Å². The van der Waals surface area contributed by atoms with Crippen molar-refractivity contribution in [3.8, 4) is 11.4 Å². The van der Waals surface area contributed by atoms with Crippen LogP contribution in [0.15, 0.2) is 57.7 Å². The highest BCUT2D eigenvalue weighted by atomic mass is 16.5. The van der Waals surface area contributed by atoms with Crippen molar-refractivity contribution in [3.63, 3.8) is 0 Å². The number of aryl methyl sites for hydroxylation is 1. The molecule has 0 N–H and O–H groups in total. The van der Waals surface area contributed by atoms with Gasteiger partial charge in [-0.1, -0.05) is 29.4 Å². The lowest BCUT2D eigenvalue weighted by atomic mass is 9.94. The summed E-state index contributed by atoms with van der Waals surface area (Å²) in [7, 11) is 0. The maximum absolute atomic E-state index is 12.5. The fraction of sp³-hybridized carbons (Fsp3) is 0.318. The molecule has 0 aliphatic carbocycles. The molecule has 6 nitrogen and oxygen atoms in total. The molecule has 3 aromatic rings. The van der Waals surface area contributed by atoms with Gasteiger partial charge in [0.15, 0.2) is 0 Å². The monoisotopic (exact) mass is 377 g/mol. The molecule has 1 fully saturated rings. The van der Waals surface area contributed by atoms with Crippen molar-refractivity contribution in [2.24, 2.45) is 5.92 Å². The molecular weight excluding hydrogens is 354 g/mol. The second kappa shape index (κ2) is 8.25. The van der Waals surface area contributed by atoms with Crippen LogP contribution in [0.1, 0.15) is 30.1 Å². The van der Waals surface area contributed by atoms with Crippen LogP contribution >= 0.6 is 0 Å². The van der Waals surface area contributed by atoms with E-state index in [0.717, 1.165) is 30.5 Å². The van der Waals surface area contributed by atoms with Gasteiger partial charge < -0.3 is 13.8 Å². The number of furan rings is 1. The van der Waals surface area contributed by atoms with Gasteiger partial charge in [0.05, 0.1) is 6.26 Å². The Hall–Kier alpha value is -3.15. The summed E-state index contributed by atoms with van der Waals surface area (Å²) in [5.74, 6) is 2.26. The van der Waals surface area contributed by atoms with Gasteiger partial charge in [0.2, 0.25) is 17.6 Å². The first kappa shape index (κ1) is 18.2. The minimum absolute atomic E-state index is 0.00669. The molecule has 4 rings (SSSR count). The summed E-state index contributed by atoms with van der Waals surface area (Å²) in [6.45, 7) is 3.51. The maximum atomic E-state index is 12.5. The number of hydrogen-bond donors (Lipinski definition) is 0. The Labute approximate surface area is 163 Å². The highest BCUT2D eigenvalue weighted by molar-refractivity contribution is 5.91. The lowest BCUT2D eigenvalue weighted by molar-refractivity contribution is -0.127. The van der Waals surface area contributed by atoms with E-state index in [4.69, 9.17) is 8.94 Å². The SMILES string of the molecule is Cc1ccccc1-c1noc(C[C@@H]2CCCN(C(=O)/C=C/c3ccco3)C2)n1. The molecule has 1 aromatic carbocycles. The second-order valence-corrected chi connectivity index (χ2v) is 7.17. The Morgan fingerprint density at radius 2 is 2.18 bits per heavy atom. The van der Waals surface area contributed by atoms with Crippen LogP contribution in [0.25, 0.3) is 17.5 Å². The predicted molar refractivity (Wildman–Crippen MR) is 105 cm³/mol. The van der Waals surface area contributed by atoms with E-state index in [1.165, 1.54) is 0 Å². The van der Waals surface area contributed by atoms with Gasteiger partial charge in [-0.3, -0.25) is 4.79 Å². The van der Waals surface area contributed by atoms with Crippen LogP contribution in [0.5, 0.6) is 0 Å². The number of carbonyl (C=O) groups is 1. The molecule has 1 saturated heterocycles. The smallest absolute Gasteiger partial charge is 0.246 e. The topological polar surface area (TPSA) is 72.4 Å². The largest absolute Gasteiger partial charge is 0.465 e. The van der Waals surface area contributed by atoms with E-state index in [1.54, 1.807) is 24.5 Å². The molecule has 0 saturated carbocycles. The molecular formula is C22H23N3O3. The third-order valence-electron chi connectivity index (χ3n) is 5.08. The number of likely N-dealkylation sites (tertiary alicyclic amines) is 1. The van der Waals surface area contributed by atoms with Gasteiger partial charge in [-0.25, -0.2) is 0 Å². The fourth-order valence-corrected chi connectivity index (χ4v) is 3.59. The van der Waals surface area contributed by atoms with Crippen molar-refractivity contribution < 1.29 is 13.7 Å². The zero-order valence-corrected chi connectivity index (χ0v) is 15.9. The summed E-state index contributed by atoms with van der Waals surface area (Å²) in [6.07, 6.45) is 7.58. The molecule has 1 aliphatic heterocycles. The van der Waals surface area contributed by atoms with Gasteiger partial charge in [0.1, 0.15) is 5.76 Å². The summed E-state index contributed by atoms with van der Waals surface area (Å²) in [5.41, 5.74) is 2.11. The third-order valence-corrected chi connectivity index (χ3v) is 5.08. The normalized spacial score (nSPS) is 17.3. The van der Waals surface area contributed by atoms with Crippen LogP contribution in [0, 0.1) is 12.8 Å². The molecule has 1 amide bonds. The molecule has 1 atom stereocenters. The zero-order valence-electron chi connectivity index (χ0n) is 15.9. The van der Waals surface area contributed by atoms with E-state index in [-0.39, 0.29) is 5.91 Å². The molecule has 0 unspecified atom stereocenters. The number of rotatable bonds is 5. The van der Waals surface area contributed by atoms with E-state index in [2.05, 4.69) is 10.1 Å². The third kappa shape index (κ3) is 4.22. The van der Waals surface area contributed by atoms with E-state index >= 15 is 0 Å². The number of hydrogen-bond acceptors (Lipinski definition) is 5. The minimum atomic E-state index is 0.00669. The molecule has 0 bridgehead atoms. The molecule has 6 heteroatoms. The highest BCUT2D eigenvalue weighted by Gasteiger charge is 2.24. The quantitative estimate of drug-likeness (QED) is 0.625. The van der Waals surface area contributed by atoms with Crippen molar-refractivity contribution >= 4 is 12.0 Å². The van der Waals surface area contributed by atoms with E-state index < -0.39 is 0 Å². The van der Waals surface area contributed by atoms with Gasteiger partial charge in [-0.15, -0.1) is 0 Å². The van der Waals surface area contributed by atoms with E-state index in [0.29, 0.717) is 36.4 Å². The van der Waals surface area contributed by atoms with Crippen molar-refractivity contribution in [2.45, 2.75) is 26.2 Å². The van der Waals surface area contributed by atoms with Crippen LogP contribution in [-0.2, 0) is 11.2 Å². The fourth-order valence-electron chi connectivity index (χ4n) is 3.59. The summed E-state index contributed by atoms with van der Waals surface area (Å²) in [4.78, 5) is 18.9. The van der Waals surface area contributed by atoms with Gasteiger partial charge in [-0.05, 0) is 49.5 Å². The molecule has 2 aromatic heterocycles. The van der Waals surface area contributed by atoms with Gasteiger partial charge >= 0.3 is 0 Å². The molecule has 0 radical (unpaired) electrons. The average molecular weight is 377 g/mol. The Morgan fingerprint density at radius 3 is 3.00 bits per heavy atom. The van der Waals surface area contributed by atoms with Crippen LogP contribution in [-0.4, -0.2) is 34.0 Å². The first-order valence-electron chi connectivity index (χ1n) is 9.58. The summed E-state index contributed by atoms with van der Waals surface area (Å²) < 4.78 is 10.7. The van der Waals surface area contributed by atoms with Crippen LogP contribution in [0.4, 0.5) is 0 Å². The molecule has 0 spiro atoms. The number of benzene rings is 1. The van der Waals surface area contributed by atoms with E-state index in [9.17, 15) is 4.79 Å². The van der Waals surface area contributed by atoms with Gasteiger partial charge in [-0.2, -0.15) is 4.98 Å². The number of piperidine rings is 1. The Morgan fingerprint density at radius 1 is 1.29 bits per heavy atom. The van der Waals surface area contributed by atoms with Crippen LogP contribution in [0.3, 0.4) is 0 Å². The summed E-state index contributed by atoms with van der Waals surface area (Å²) in [6, 6.07) is 11.6. The zero-order chi connectivity index (χ0) is 19.3. The Balaban J connectivity index is 1.38. The minimum Gasteiger partial charge on any atom is -0.465 e. The first-order valence-corrected chi connectivity index (χ1v) is 9.58. The second-order valence-electron chi connectivity index (χ2n) is 7.17. The van der Waals surface area contributed by atoms with Crippen LogP contribution in [0.2, 0.25) is 0 Å².